The van der Waals surface area contributed by atoms with Gasteiger partial charge >= 0.3 is 6.09 Å². The van der Waals surface area contributed by atoms with Crippen molar-refractivity contribution < 1.29 is 55.4 Å². The van der Waals surface area contributed by atoms with E-state index in [-0.39, 0.29) is 42.9 Å². The van der Waals surface area contributed by atoms with Crippen LogP contribution in [0.2, 0.25) is 0 Å². The van der Waals surface area contributed by atoms with Gasteiger partial charge in [0.1, 0.15) is 47.1 Å². The van der Waals surface area contributed by atoms with Gasteiger partial charge in [-0.05, 0) is 82.8 Å². The van der Waals surface area contributed by atoms with Gasteiger partial charge in [-0.2, -0.15) is 0 Å². The molecular formula is C43H58F2N6O10S. The lowest BCUT2D eigenvalue weighted by atomic mass is 9.85. The summed E-state index contributed by atoms with van der Waals surface area (Å²) in [4.78, 5) is 80.8. The number of rotatable bonds is 8. The smallest absolute Gasteiger partial charge is 0.408 e. The summed E-state index contributed by atoms with van der Waals surface area (Å²) in [6, 6.07) is 2.50. The molecular weight excluding hydrogens is 831 g/mol. The first-order chi connectivity index (χ1) is 29.1. The number of hydrogen-bond acceptors (Lipinski definition) is 12. The highest BCUT2D eigenvalue weighted by Gasteiger charge is 2.67. The molecule has 2 aromatic rings. The van der Waals surface area contributed by atoms with Gasteiger partial charge in [-0.3, -0.25) is 23.9 Å². The Morgan fingerprint density at radius 1 is 1.02 bits per heavy atom. The second-order valence-corrected chi connectivity index (χ2v) is 21.4. The molecule has 1 saturated heterocycles. The number of carbonyl (C=O) groups is 5. The number of amides is 4. The summed E-state index contributed by atoms with van der Waals surface area (Å²) in [5, 5.41) is 5.22. The summed E-state index contributed by atoms with van der Waals surface area (Å²) in [5.41, 5.74) is -1.67. The summed E-state index contributed by atoms with van der Waals surface area (Å²) in [6.07, 6.45) is -1.17. The van der Waals surface area contributed by atoms with Crippen LogP contribution in [0.1, 0.15) is 105 Å². The van der Waals surface area contributed by atoms with Gasteiger partial charge in [-0.1, -0.05) is 40.5 Å². The first-order valence-corrected chi connectivity index (χ1v) is 23.0. The van der Waals surface area contributed by atoms with E-state index in [4.69, 9.17) is 24.2 Å². The lowest BCUT2D eigenvalue weighted by Crippen LogP contribution is -2.61. The Hall–Kier alpha value is -4.68. The fourth-order valence-corrected chi connectivity index (χ4v) is 10.8. The maximum Gasteiger partial charge on any atom is 0.408 e. The van der Waals surface area contributed by atoms with Crippen LogP contribution in [0.4, 0.5) is 13.6 Å². The van der Waals surface area contributed by atoms with Crippen molar-refractivity contribution in [1.29, 1.82) is 0 Å². The molecule has 3 aliphatic carbocycles. The number of halogens is 2. The van der Waals surface area contributed by atoms with Crippen molar-refractivity contribution in [2.75, 3.05) is 13.7 Å². The van der Waals surface area contributed by atoms with Gasteiger partial charge in [-0.25, -0.2) is 32.0 Å². The molecule has 62 heavy (non-hydrogen) atoms. The second-order valence-electron chi connectivity index (χ2n) is 19.2. The van der Waals surface area contributed by atoms with Crippen molar-refractivity contribution in [2.45, 2.75) is 147 Å². The molecule has 2 bridgehead atoms. The number of ketones is 1. The van der Waals surface area contributed by atoms with Gasteiger partial charge < -0.3 is 29.7 Å². The van der Waals surface area contributed by atoms with Crippen molar-refractivity contribution in [1.82, 2.24) is 30.2 Å². The molecule has 2 unspecified atom stereocenters. The van der Waals surface area contributed by atoms with Crippen LogP contribution in [0.15, 0.2) is 18.2 Å². The minimum Gasteiger partial charge on any atom is -0.497 e. The topological polar surface area (TPSA) is 212 Å². The summed E-state index contributed by atoms with van der Waals surface area (Å²) in [5.74, 6) is -5.35. The van der Waals surface area contributed by atoms with Crippen molar-refractivity contribution in [3.05, 3.63) is 23.9 Å². The first kappa shape index (κ1) is 45.3. The zero-order valence-electron chi connectivity index (χ0n) is 36.3. The Kier molecular flexibility index (Phi) is 12.3. The molecule has 3 N–H and O–H groups in total. The van der Waals surface area contributed by atoms with Crippen LogP contribution >= 0.6 is 0 Å². The van der Waals surface area contributed by atoms with Crippen LogP contribution in [0.3, 0.4) is 0 Å². The number of Topliss-reactive ketones (excluding diaryl/α,β-unsaturated/α-hetero) is 1. The zero-order chi connectivity index (χ0) is 45.1. The molecule has 5 aliphatic rings. The molecule has 7 rings (SSSR count). The van der Waals surface area contributed by atoms with Crippen molar-refractivity contribution in [3.63, 3.8) is 0 Å². The van der Waals surface area contributed by atoms with Gasteiger partial charge in [0.25, 0.3) is 5.91 Å². The van der Waals surface area contributed by atoms with E-state index in [0.717, 1.165) is 12.8 Å². The molecule has 4 amide bonds. The highest BCUT2D eigenvalue weighted by atomic mass is 32.2. The highest BCUT2D eigenvalue weighted by Crippen LogP contribution is 2.50. The summed E-state index contributed by atoms with van der Waals surface area (Å²) in [7, 11) is -2.75. The number of alkyl halides is 2. The van der Waals surface area contributed by atoms with E-state index in [1.165, 1.54) is 18.9 Å². The number of methoxy groups -OCH3 is 1. The minimum atomic E-state index is -4.27. The van der Waals surface area contributed by atoms with Crippen molar-refractivity contribution in [3.8, 4) is 11.6 Å². The molecule has 0 spiro atoms. The number of benzene rings is 1. The fourth-order valence-electron chi connectivity index (χ4n) is 9.45. The molecule has 1 aromatic heterocycles. The predicted molar refractivity (Wildman–Crippen MR) is 221 cm³/mol. The molecule has 3 saturated carbocycles. The SMILES string of the molecule is COc1ccc2nc3c(nc2c1)O[C@H]1CN(C(=O)[C@H](C(C)(C)C)NC(=O)O[C@@H]2CCC(C(C)=O)C2CCCCC3)[C@H](C(=O)N[C@]2(C(=O)NS(=O)(=O)C3(C)CC3)C[C@H]2C(F)F)[C@@H]1C. The van der Waals surface area contributed by atoms with E-state index in [2.05, 4.69) is 10.6 Å². The first-order valence-electron chi connectivity index (χ1n) is 21.6. The molecule has 0 radical (unpaired) electrons. The summed E-state index contributed by atoms with van der Waals surface area (Å²) in [6.45, 7) is 9.56. The maximum absolute atomic E-state index is 15.0. The van der Waals surface area contributed by atoms with Crippen LogP contribution in [-0.2, 0) is 40.4 Å². The van der Waals surface area contributed by atoms with Gasteiger partial charge in [0.15, 0.2) is 0 Å². The average molecular weight is 889 g/mol. The van der Waals surface area contributed by atoms with E-state index in [1.807, 2.05) is 4.72 Å². The van der Waals surface area contributed by atoms with E-state index < -0.39 is 98.5 Å². The number of ether oxygens (including phenoxy) is 3. The third kappa shape index (κ3) is 8.78. The monoisotopic (exact) mass is 888 g/mol. The lowest BCUT2D eigenvalue weighted by Gasteiger charge is -2.36. The molecule has 340 valence electrons. The highest BCUT2D eigenvalue weighted by molar-refractivity contribution is 7.91. The number of hydrogen-bond donors (Lipinski definition) is 3. The van der Waals surface area contributed by atoms with E-state index >= 15 is 0 Å². The van der Waals surface area contributed by atoms with E-state index in [9.17, 15) is 41.2 Å². The third-order valence-corrected chi connectivity index (χ3v) is 15.9. The average Bonchev–Trinajstić information content (AvgIpc) is 4.06. The lowest BCUT2D eigenvalue weighted by molar-refractivity contribution is -0.143. The van der Waals surface area contributed by atoms with Crippen LogP contribution in [0, 0.1) is 29.1 Å². The molecule has 4 fully saturated rings. The van der Waals surface area contributed by atoms with Gasteiger partial charge in [-0.15, -0.1) is 0 Å². The third-order valence-electron chi connectivity index (χ3n) is 13.8. The second kappa shape index (κ2) is 16.8. The fraction of sp³-hybridized carbons (Fsp3) is 0.698. The standard InChI is InChI=1S/C43H58F2N6O10S/c1-22-32-21-51(33(22)36(53)49-43(20-27(43)35(44)45)39(55)50-62(57,58)42(6)17-18-42)38(54)34(41(3,4)5)48-40(56)61-31-16-14-25(23(2)52)26(31)11-9-8-10-12-29-37(60-32)47-30-19-24(59-7)13-15-28(30)46-29/h13,15,19,22,25-27,31-35H,8-12,14,16-18,20-21H2,1-7H3,(H,48,56)(H,49,53)(H,50,55)/t22-,25?,26?,27+,31-,32+,33+,34-,43-/m1/s1. The number of carbonyl (C=O) groups excluding carboxylic acids is 5. The number of nitrogens with one attached hydrogen (secondary N) is 3. The molecule has 9 atom stereocenters. The Bertz CT molecular complexity index is 2230. The maximum atomic E-state index is 15.0. The Morgan fingerprint density at radius 3 is 2.37 bits per heavy atom. The summed E-state index contributed by atoms with van der Waals surface area (Å²) >= 11 is 0. The van der Waals surface area contributed by atoms with E-state index in [0.29, 0.717) is 54.6 Å². The number of sulfonamides is 1. The number of nitrogens with zero attached hydrogens (tertiary/aromatic N) is 3. The molecule has 3 heterocycles. The van der Waals surface area contributed by atoms with Gasteiger partial charge in [0.05, 0.1) is 35.4 Å². The zero-order valence-corrected chi connectivity index (χ0v) is 37.1. The quantitative estimate of drug-likeness (QED) is 0.332. The number of aryl methyl sites for hydroxylation is 1. The number of fused-ring (bicyclic) bond motifs is 5. The van der Waals surface area contributed by atoms with Crippen molar-refractivity contribution in [2.24, 2.45) is 29.1 Å². The van der Waals surface area contributed by atoms with Crippen LogP contribution in [0.5, 0.6) is 11.6 Å². The van der Waals surface area contributed by atoms with Crippen molar-refractivity contribution >= 4 is 50.7 Å². The minimum absolute atomic E-state index is 0.0161. The molecule has 16 nitrogen and oxygen atoms in total. The van der Waals surface area contributed by atoms with E-state index in [1.54, 1.807) is 52.8 Å². The largest absolute Gasteiger partial charge is 0.497 e. The van der Waals surface area contributed by atoms with Gasteiger partial charge in [0.2, 0.25) is 34.1 Å². The molecule has 2 aliphatic heterocycles. The van der Waals surface area contributed by atoms with Gasteiger partial charge in [0, 0.05) is 23.8 Å². The Balaban J connectivity index is 1.27. The van der Waals surface area contributed by atoms with Crippen LogP contribution < -0.4 is 24.8 Å². The van der Waals surface area contributed by atoms with Crippen LogP contribution in [0.25, 0.3) is 11.0 Å². The molecule has 1 aromatic carbocycles. The van der Waals surface area contributed by atoms with Crippen LogP contribution in [-0.4, -0.2) is 108 Å². The molecule has 19 heteroatoms. The Morgan fingerprint density at radius 2 is 1.74 bits per heavy atom. The number of alkyl carbamates (subject to hydrolysis) is 1. The predicted octanol–water partition coefficient (Wildman–Crippen LogP) is 4.61. The Labute approximate surface area is 360 Å². The normalized spacial score (nSPS) is 31.4. The number of aromatic nitrogens is 2. The summed E-state index contributed by atoms with van der Waals surface area (Å²) < 4.78 is 73.7.